The third kappa shape index (κ3) is 5.93. The second kappa shape index (κ2) is 8.08. The number of aliphatic hydroxyl groups excluding tert-OH is 2. The summed E-state index contributed by atoms with van der Waals surface area (Å²) in [5.41, 5.74) is 13.4. The van der Waals surface area contributed by atoms with Crippen molar-refractivity contribution in [2.24, 2.45) is 0 Å². The van der Waals surface area contributed by atoms with E-state index in [1.165, 1.54) is 0 Å². The molecule has 0 fully saturated rings. The highest BCUT2D eigenvalue weighted by molar-refractivity contribution is 5.66. The van der Waals surface area contributed by atoms with Crippen molar-refractivity contribution in [2.45, 2.75) is 19.8 Å². The number of para-hydroxylation sites is 1. The minimum absolute atomic E-state index is 0.195. The van der Waals surface area contributed by atoms with Crippen molar-refractivity contribution in [1.29, 1.82) is 0 Å². The molecule has 0 aromatic heterocycles. The maximum atomic E-state index is 8.09. The van der Waals surface area contributed by atoms with Gasteiger partial charge >= 0.3 is 0 Å². The van der Waals surface area contributed by atoms with Gasteiger partial charge in [-0.2, -0.15) is 0 Å². The standard InChI is InChI=1S/C7H10N2.C4H10O2/c1-5-3-2-4-6(8)7(5)9;5-3-1-2-4-6/h2-4H,8-9H2,1H3;5-6H,1-4H2. The van der Waals surface area contributed by atoms with Crippen LogP contribution in [0.25, 0.3) is 0 Å². The van der Waals surface area contributed by atoms with E-state index >= 15 is 0 Å². The summed E-state index contributed by atoms with van der Waals surface area (Å²) in [6.07, 6.45) is 1.44. The predicted molar refractivity (Wildman–Crippen MR) is 63.4 cm³/mol. The molecule has 0 amide bonds. The number of nitrogens with two attached hydrogens (primary N) is 2. The van der Waals surface area contributed by atoms with Gasteiger partial charge in [-0.25, -0.2) is 0 Å². The van der Waals surface area contributed by atoms with E-state index in [0.29, 0.717) is 11.4 Å². The Morgan fingerprint density at radius 2 is 1.60 bits per heavy atom. The molecule has 4 nitrogen and oxygen atoms in total. The van der Waals surface area contributed by atoms with E-state index in [9.17, 15) is 0 Å². The topological polar surface area (TPSA) is 92.5 Å². The summed E-state index contributed by atoms with van der Waals surface area (Å²) in [5, 5.41) is 16.2. The molecule has 0 unspecified atom stereocenters. The third-order valence-electron chi connectivity index (χ3n) is 1.92. The van der Waals surface area contributed by atoms with E-state index in [1.54, 1.807) is 6.07 Å². The van der Waals surface area contributed by atoms with Crippen LogP contribution in [0.3, 0.4) is 0 Å². The summed E-state index contributed by atoms with van der Waals surface area (Å²) >= 11 is 0. The monoisotopic (exact) mass is 212 g/mol. The van der Waals surface area contributed by atoms with E-state index in [-0.39, 0.29) is 13.2 Å². The van der Waals surface area contributed by atoms with E-state index in [4.69, 9.17) is 21.7 Å². The summed E-state index contributed by atoms with van der Waals surface area (Å²) in [7, 11) is 0. The molecule has 0 bridgehead atoms. The Bertz CT molecular complexity index is 253. The smallest absolute Gasteiger partial charge is 0.0577 e. The molecule has 0 atom stereocenters. The lowest BCUT2D eigenvalue weighted by atomic mass is 10.2. The normalized spacial score (nSPS) is 9.27. The first-order valence-corrected chi connectivity index (χ1v) is 4.95. The van der Waals surface area contributed by atoms with Crippen LogP contribution in [0.1, 0.15) is 18.4 Å². The van der Waals surface area contributed by atoms with Gasteiger partial charge in [-0.15, -0.1) is 0 Å². The first-order chi connectivity index (χ1) is 7.13. The molecule has 1 rings (SSSR count). The molecule has 86 valence electrons. The fraction of sp³-hybridized carbons (Fsp3) is 0.455. The van der Waals surface area contributed by atoms with Crippen LogP contribution in [0.4, 0.5) is 11.4 Å². The number of hydrogen-bond donors (Lipinski definition) is 4. The van der Waals surface area contributed by atoms with E-state index in [2.05, 4.69) is 0 Å². The second-order valence-corrected chi connectivity index (χ2v) is 3.23. The van der Waals surface area contributed by atoms with Gasteiger partial charge in [0.1, 0.15) is 0 Å². The van der Waals surface area contributed by atoms with Crippen LogP contribution >= 0.6 is 0 Å². The van der Waals surface area contributed by atoms with Gasteiger partial charge < -0.3 is 21.7 Å². The first-order valence-electron chi connectivity index (χ1n) is 4.95. The van der Waals surface area contributed by atoms with Crippen LogP contribution in [-0.4, -0.2) is 23.4 Å². The van der Waals surface area contributed by atoms with Crippen LogP contribution in [0.15, 0.2) is 18.2 Å². The van der Waals surface area contributed by atoms with Crippen molar-refractivity contribution >= 4 is 11.4 Å². The van der Waals surface area contributed by atoms with Gasteiger partial charge in [-0.3, -0.25) is 0 Å². The van der Waals surface area contributed by atoms with Crippen molar-refractivity contribution in [3.05, 3.63) is 23.8 Å². The van der Waals surface area contributed by atoms with Crippen molar-refractivity contribution in [3.63, 3.8) is 0 Å². The maximum absolute atomic E-state index is 8.09. The summed E-state index contributed by atoms with van der Waals surface area (Å²) in [6.45, 7) is 2.33. The highest BCUT2D eigenvalue weighted by Gasteiger charge is 1.93. The number of nitrogen functional groups attached to an aromatic ring is 2. The lowest BCUT2D eigenvalue weighted by molar-refractivity contribution is 0.242. The van der Waals surface area contributed by atoms with Crippen LogP contribution in [0.2, 0.25) is 0 Å². The Balaban J connectivity index is 0.000000288. The first kappa shape index (κ1) is 13.7. The zero-order valence-corrected chi connectivity index (χ0v) is 9.11. The van der Waals surface area contributed by atoms with Crippen LogP contribution < -0.4 is 11.5 Å². The quantitative estimate of drug-likeness (QED) is 0.442. The maximum Gasteiger partial charge on any atom is 0.0577 e. The van der Waals surface area contributed by atoms with Gasteiger partial charge in [0.25, 0.3) is 0 Å². The van der Waals surface area contributed by atoms with Gasteiger partial charge in [-0.05, 0) is 31.4 Å². The lowest BCUT2D eigenvalue weighted by Crippen LogP contribution is -1.95. The summed E-state index contributed by atoms with van der Waals surface area (Å²) < 4.78 is 0. The molecule has 15 heavy (non-hydrogen) atoms. The number of aryl methyl sites for hydroxylation is 1. The van der Waals surface area contributed by atoms with Crippen molar-refractivity contribution < 1.29 is 10.2 Å². The van der Waals surface area contributed by atoms with Gasteiger partial charge in [0.2, 0.25) is 0 Å². The molecule has 4 heteroatoms. The average molecular weight is 212 g/mol. The molecule has 0 aliphatic rings. The fourth-order valence-corrected chi connectivity index (χ4v) is 0.927. The predicted octanol–water partition coefficient (Wildman–Crippen LogP) is 0.911. The SMILES string of the molecule is Cc1cccc(N)c1N.OCCCCO. The van der Waals surface area contributed by atoms with Crippen LogP contribution in [0.5, 0.6) is 0 Å². The molecular formula is C11H20N2O2. The van der Waals surface area contributed by atoms with Crippen LogP contribution in [-0.2, 0) is 0 Å². The molecule has 0 spiro atoms. The Hall–Kier alpha value is -1.26. The molecule has 6 N–H and O–H groups in total. The van der Waals surface area contributed by atoms with E-state index < -0.39 is 0 Å². The molecule has 0 heterocycles. The zero-order chi connectivity index (χ0) is 11.7. The summed E-state index contributed by atoms with van der Waals surface area (Å²) in [4.78, 5) is 0. The molecule has 1 aromatic rings. The Morgan fingerprint density at radius 3 is 1.93 bits per heavy atom. The lowest BCUT2D eigenvalue weighted by Gasteiger charge is -2.00. The molecule has 0 radical (unpaired) electrons. The number of aliphatic hydroxyl groups is 2. The van der Waals surface area contributed by atoms with E-state index in [1.807, 2.05) is 19.1 Å². The van der Waals surface area contributed by atoms with E-state index in [0.717, 1.165) is 18.4 Å². The Kier molecular flexibility index (Phi) is 7.40. The van der Waals surface area contributed by atoms with Crippen molar-refractivity contribution in [3.8, 4) is 0 Å². The number of unbranched alkanes of at least 4 members (excludes halogenated alkanes) is 1. The highest BCUT2D eigenvalue weighted by atomic mass is 16.3. The van der Waals surface area contributed by atoms with Gasteiger partial charge in [0, 0.05) is 13.2 Å². The number of anilines is 2. The molecule has 0 saturated carbocycles. The minimum atomic E-state index is 0.195. The molecule has 0 aliphatic heterocycles. The number of hydrogen-bond acceptors (Lipinski definition) is 4. The van der Waals surface area contributed by atoms with Gasteiger partial charge in [0.05, 0.1) is 11.4 Å². The average Bonchev–Trinajstić information content (AvgIpc) is 2.24. The number of rotatable bonds is 3. The second-order valence-electron chi connectivity index (χ2n) is 3.23. The summed E-state index contributed by atoms with van der Waals surface area (Å²) in [5.74, 6) is 0. The molecule has 0 aliphatic carbocycles. The molecule has 1 aromatic carbocycles. The van der Waals surface area contributed by atoms with Gasteiger partial charge in [0.15, 0.2) is 0 Å². The molecular weight excluding hydrogens is 192 g/mol. The largest absolute Gasteiger partial charge is 0.397 e. The van der Waals surface area contributed by atoms with Gasteiger partial charge in [-0.1, -0.05) is 12.1 Å². The third-order valence-corrected chi connectivity index (χ3v) is 1.92. The Labute approximate surface area is 90.5 Å². The summed E-state index contributed by atoms with van der Waals surface area (Å²) in [6, 6.07) is 5.62. The minimum Gasteiger partial charge on any atom is -0.397 e. The number of benzene rings is 1. The van der Waals surface area contributed by atoms with Crippen LogP contribution in [0, 0.1) is 6.92 Å². The Morgan fingerprint density at radius 1 is 1.07 bits per heavy atom. The van der Waals surface area contributed by atoms with Crippen molar-refractivity contribution in [1.82, 2.24) is 0 Å². The van der Waals surface area contributed by atoms with Crippen molar-refractivity contribution in [2.75, 3.05) is 24.7 Å². The fourth-order valence-electron chi connectivity index (χ4n) is 0.927. The molecule has 0 saturated heterocycles. The highest BCUT2D eigenvalue weighted by Crippen LogP contribution is 2.17. The zero-order valence-electron chi connectivity index (χ0n) is 9.11.